The highest BCUT2D eigenvalue weighted by atomic mass is 32.2. The lowest BCUT2D eigenvalue weighted by Crippen LogP contribution is -2.44. The lowest BCUT2D eigenvalue weighted by molar-refractivity contribution is 0.0981. The number of pyridine rings is 3. The average molecular weight is 539 g/mol. The largest absolute Gasteiger partial charge is 0.475 e. The number of hydrogen-bond acceptors (Lipinski definition) is 9. The van der Waals surface area contributed by atoms with Crippen LogP contribution in [0.3, 0.4) is 0 Å². The molecular weight excluding hydrogens is 504 g/mol. The Morgan fingerprint density at radius 2 is 1.95 bits per heavy atom. The number of aromatic nitrogens is 3. The van der Waals surface area contributed by atoms with Crippen molar-refractivity contribution in [3.05, 3.63) is 53.7 Å². The van der Waals surface area contributed by atoms with E-state index < -0.39 is 15.9 Å². The van der Waals surface area contributed by atoms with Gasteiger partial charge in [0.2, 0.25) is 5.88 Å². The summed E-state index contributed by atoms with van der Waals surface area (Å²) in [6, 6.07) is 9.54. The van der Waals surface area contributed by atoms with Crippen LogP contribution in [0.2, 0.25) is 0 Å². The molecule has 1 aliphatic rings. The van der Waals surface area contributed by atoms with Gasteiger partial charge in [0.15, 0.2) is 5.03 Å². The van der Waals surface area contributed by atoms with Crippen molar-refractivity contribution in [2.24, 2.45) is 5.92 Å². The predicted octanol–water partition coefficient (Wildman–Crippen LogP) is 3.96. The zero-order valence-corrected chi connectivity index (χ0v) is 23.3. The Hall–Kier alpha value is -3.73. The number of nitrogens with zero attached hydrogens (tertiary/aromatic N) is 4. The minimum absolute atomic E-state index is 0.00389. The molecule has 202 valence electrons. The Morgan fingerprint density at radius 1 is 1.21 bits per heavy atom. The van der Waals surface area contributed by atoms with Crippen molar-refractivity contribution in [2.45, 2.75) is 64.6 Å². The molecule has 0 aromatic carbocycles. The number of amides is 1. The van der Waals surface area contributed by atoms with E-state index in [9.17, 15) is 13.2 Å². The molecule has 0 spiro atoms. The van der Waals surface area contributed by atoms with E-state index in [-0.39, 0.29) is 28.1 Å². The van der Waals surface area contributed by atoms with Crippen LogP contribution in [0.4, 0.5) is 11.6 Å². The quantitative estimate of drug-likeness (QED) is 0.457. The Bertz CT molecular complexity index is 1450. The minimum Gasteiger partial charge on any atom is -0.475 e. The smallest absolute Gasteiger partial charge is 0.281 e. The summed E-state index contributed by atoms with van der Waals surface area (Å²) in [4.78, 5) is 28.8. The maximum atomic E-state index is 13.5. The summed E-state index contributed by atoms with van der Waals surface area (Å²) in [5.74, 6) is 0.497. The van der Waals surface area contributed by atoms with Crippen molar-refractivity contribution in [1.29, 1.82) is 0 Å². The van der Waals surface area contributed by atoms with E-state index in [1.54, 1.807) is 18.3 Å². The average Bonchev–Trinajstić information content (AvgIpc) is 3.11. The second-order valence-electron chi connectivity index (χ2n) is 10.4. The summed E-state index contributed by atoms with van der Waals surface area (Å²) in [7, 11) is -4.26. The normalized spacial score (nSPS) is 17.0. The highest BCUT2D eigenvalue weighted by molar-refractivity contribution is 7.90. The lowest BCUT2D eigenvalue weighted by Gasteiger charge is -2.37. The van der Waals surface area contributed by atoms with Crippen LogP contribution in [-0.4, -0.2) is 47.5 Å². The third-order valence-corrected chi connectivity index (χ3v) is 8.23. The van der Waals surface area contributed by atoms with E-state index in [2.05, 4.69) is 40.4 Å². The van der Waals surface area contributed by atoms with Gasteiger partial charge in [0, 0.05) is 29.9 Å². The van der Waals surface area contributed by atoms with Crippen LogP contribution >= 0.6 is 0 Å². The van der Waals surface area contributed by atoms with Gasteiger partial charge in [-0.2, -0.15) is 8.42 Å². The summed E-state index contributed by atoms with van der Waals surface area (Å²) in [6.07, 6.45) is 2.59. The number of carbonyl (C=O) groups is 1. The summed E-state index contributed by atoms with van der Waals surface area (Å²) in [5.41, 5.74) is 7.61. The molecule has 4 rings (SSSR count). The fourth-order valence-electron chi connectivity index (χ4n) is 4.52. The molecule has 1 atom stereocenters. The second-order valence-corrected chi connectivity index (χ2v) is 12.0. The number of sulfonamides is 1. The van der Waals surface area contributed by atoms with Gasteiger partial charge in [-0.15, -0.1) is 0 Å². The number of carbonyl (C=O) groups excluding carboxylic acids is 1. The first-order valence-electron chi connectivity index (χ1n) is 12.5. The molecule has 3 aromatic rings. The SMILES string of the molecule is Cc1cc(C(=O)NS(=O)(=O)c2cccc(N)n2)c(N2CCC(C)C2(C)C)nc1-c1ccc(OC(C)C)nc1. The molecule has 11 heteroatoms. The molecular formula is C27H34N6O4S. The Morgan fingerprint density at radius 3 is 2.53 bits per heavy atom. The highest BCUT2D eigenvalue weighted by Gasteiger charge is 2.41. The van der Waals surface area contributed by atoms with Crippen LogP contribution in [0.15, 0.2) is 47.6 Å². The first kappa shape index (κ1) is 27.3. The standard InChI is InChI=1S/C27H34N6O4S/c1-16(2)37-22-11-10-19(15-29-22)24-17(3)14-20(25(31-24)33-13-12-18(4)27(33,5)6)26(34)32-38(35,36)23-9-7-8-21(28)30-23/h7-11,14-16,18H,12-13H2,1-6H3,(H2,28,30)(H,32,34). The molecule has 38 heavy (non-hydrogen) atoms. The molecule has 3 aromatic heterocycles. The molecule has 3 N–H and O–H groups in total. The van der Waals surface area contributed by atoms with E-state index in [0.29, 0.717) is 35.4 Å². The number of ether oxygens (including phenoxy) is 1. The number of anilines is 2. The maximum absolute atomic E-state index is 13.5. The molecule has 1 aliphatic heterocycles. The van der Waals surface area contributed by atoms with Gasteiger partial charge in [-0.25, -0.2) is 19.7 Å². The second kappa shape index (κ2) is 10.2. The molecule has 10 nitrogen and oxygen atoms in total. The molecule has 1 unspecified atom stereocenters. The molecule has 1 amide bonds. The van der Waals surface area contributed by atoms with Crippen LogP contribution in [0, 0.1) is 12.8 Å². The lowest BCUT2D eigenvalue weighted by atomic mass is 9.90. The van der Waals surface area contributed by atoms with Crippen molar-refractivity contribution in [1.82, 2.24) is 19.7 Å². The third kappa shape index (κ3) is 5.42. The van der Waals surface area contributed by atoms with Crippen LogP contribution in [0.5, 0.6) is 5.88 Å². The monoisotopic (exact) mass is 538 g/mol. The topological polar surface area (TPSA) is 140 Å². The molecule has 0 saturated carbocycles. The number of nitrogens with one attached hydrogen (secondary N) is 1. The number of nitrogens with two attached hydrogens (primary N) is 1. The predicted molar refractivity (Wildman–Crippen MR) is 146 cm³/mol. The first-order valence-corrected chi connectivity index (χ1v) is 14.0. The van der Waals surface area contributed by atoms with E-state index >= 15 is 0 Å². The molecule has 0 radical (unpaired) electrons. The molecule has 0 bridgehead atoms. The van der Waals surface area contributed by atoms with Gasteiger partial charge in [-0.3, -0.25) is 4.79 Å². The maximum Gasteiger partial charge on any atom is 0.281 e. The van der Waals surface area contributed by atoms with Crippen LogP contribution in [-0.2, 0) is 10.0 Å². The number of hydrogen-bond donors (Lipinski definition) is 2. The van der Waals surface area contributed by atoms with Gasteiger partial charge < -0.3 is 15.4 Å². The van der Waals surface area contributed by atoms with Crippen LogP contribution < -0.4 is 20.1 Å². The Labute approximate surface area is 223 Å². The number of aryl methyl sites for hydroxylation is 1. The van der Waals surface area contributed by atoms with Gasteiger partial charge >= 0.3 is 0 Å². The van der Waals surface area contributed by atoms with Gasteiger partial charge in [0.1, 0.15) is 11.6 Å². The summed E-state index contributed by atoms with van der Waals surface area (Å²) >= 11 is 0. The van der Waals surface area contributed by atoms with E-state index in [1.807, 2.05) is 26.8 Å². The number of rotatable bonds is 7. The minimum atomic E-state index is -4.26. The van der Waals surface area contributed by atoms with E-state index in [1.165, 1.54) is 18.2 Å². The highest BCUT2D eigenvalue weighted by Crippen LogP contribution is 2.40. The van der Waals surface area contributed by atoms with Crippen molar-refractivity contribution in [3.8, 4) is 17.1 Å². The first-order chi connectivity index (χ1) is 17.8. The van der Waals surface area contributed by atoms with E-state index in [0.717, 1.165) is 12.0 Å². The van der Waals surface area contributed by atoms with Crippen molar-refractivity contribution in [2.75, 3.05) is 17.2 Å². The van der Waals surface area contributed by atoms with Gasteiger partial charge in [0.05, 0.1) is 17.4 Å². The zero-order chi connectivity index (χ0) is 27.8. The van der Waals surface area contributed by atoms with Gasteiger partial charge in [-0.05, 0) is 76.8 Å². The summed E-state index contributed by atoms with van der Waals surface area (Å²) in [5, 5.41) is -0.335. The zero-order valence-electron chi connectivity index (χ0n) is 22.5. The molecule has 1 saturated heterocycles. The fraction of sp³-hybridized carbons (Fsp3) is 0.407. The van der Waals surface area contributed by atoms with Crippen LogP contribution in [0.1, 0.15) is 57.0 Å². The van der Waals surface area contributed by atoms with Crippen molar-refractivity contribution in [3.63, 3.8) is 0 Å². The Balaban J connectivity index is 1.78. The van der Waals surface area contributed by atoms with Crippen molar-refractivity contribution >= 4 is 27.6 Å². The molecule has 0 aliphatic carbocycles. The fourth-order valence-corrected chi connectivity index (χ4v) is 5.46. The van der Waals surface area contributed by atoms with Gasteiger partial charge in [-0.1, -0.05) is 13.0 Å². The molecule has 4 heterocycles. The third-order valence-electron chi connectivity index (χ3n) is 6.99. The van der Waals surface area contributed by atoms with Crippen LogP contribution in [0.25, 0.3) is 11.3 Å². The van der Waals surface area contributed by atoms with E-state index in [4.69, 9.17) is 15.5 Å². The van der Waals surface area contributed by atoms with Crippen molar-refractivity contribution < 1.29 is 17.9 Å². The van der Waals surface area contributed by atoms with Gasteiger partial charge in [0.25, 0.3) is 15.9 Å². The molecule has 1 fully saturated rings. The number of nitrogen functional groups attached to an aromatic ring is 1. The Kier molecular flexibility index (Phi) is 7.33. The summed E-state index contributed by atoms with van der Waals surface area (Å²) in [6.45, 7) is 12.7. The summed E-state index contributed by atoms with van der Waals surface area (Å²) < 4.78 is 33.7.